The molecule has 9 heteroatoms. The van der Waals surface area contributed by atoms with Gasteiger partial charge in [0.15, 0.2) is 22.0 Å². The molecule has 3 aromatic heterocycles. The maximum atomic E-state index is 12.4. The van der Waals surface area contributed by atoms with Crippen LogP contribution in [0.2, 0.25) is 0 Å². The molecule has 0 amide bonds. The van der Waals surface area contributed by atoms with Gasteiger partial charge in [0.1, 0.15) is 6.33 Å². The number of nitrogens with zero attached hydrogens (tertiary/aromatic N) is 7. The lowest BCUT2D eigenvalue weighted by molar-refractivity contribution is 0.0973. The Labute approximate surface area is 161 Å². The van der Waals surface area contributed by atoms with Gasteiger partial charge < -0.3 is 9.47 Å². The first kappa shape index (κ1) is 18.0. The maximum absolute atomic E-state index is 12.4. The summed E-state index contributed by atoms with van der Waals surface area (Å²) in [6, 6.07) is 0. The average molecular weight is 385 g/mol. The van der Waals surface area contributed by atoms with Crippen LogP contribution in [0.25, 0.3) is 11.2 Å². The number of carbonyl (C=O) groups is 1. The highest BCUT2D eigenvalue weighted by Crippen LogP contribution is 2.23. The zero-order valence-electron chi connectivity index (χ0n) is 15.4. The third kappa shape index (κ3) is 3.84. The molecule has 1 aliphatic heterocycles. The molecule has 0 unspecified atom stereocenters. The van der Waals surface area contributed by atoms with E-state index in [2.05, 4.69) is 36.7 Å². The molecule has 8 nitrogen and oxygen atoms in total. The van der Waals surface area contributed by atoms with Gasteiger partial charge in [0, 0.05) is 37.8 Å². The van der Waals surface area contributed by atoms with Gasteiger partial charge in [-0.05, 0) is 13.0 Å². The fourth-order valence-electron chi connectivity index (χ4n) is 3.36. The quantitative estimate of drug-likeness (QED) is 0.576. The lowest BCUT2D eigenvalue weighted by atomic mass is 10.2. The van der Waals surface area contributed by atoms with Crippen molar-refractivity contribution in [1.82, 2.24) is 29.4 Å². The van der Waals surface area contributed by atoms with Crippen LogP contribution in [0.4, 0.5) is 5.82 Å². The van der Waals surface area contributed by atoms with Crippen molar-refractivity contribution in [3.63, 3.8) is 0 Å². The summed E-state index contributed by atoms with van der Waals surface area (Å²) in [7, 11) is 0. The number of Topliss-reactive ketones (excluding diaryl/α,β-unsaturated/α-hetero) is 1. The van der Waals surface area contributed by atoms with E-state index >= 15 is 0 Å². The highest BCUT2D eigenvalue weighted by molar-refractivity contribution is 7.11. The minimum absolute atomic E-state index is 0.0333. The summed E-state index contributed by atoms with van der Waals surface area (Å²) in [5.41, 5.74) is 1.45. The second kappa shape index (κ2) is 8.10. The van der Waals surface area contributed by atoms with Crippen molar-refractivity contribution in [3.05, 3.63) is 29.2 Å². The summed E-state index contributed by atoms with van der Waals surface area (Å²) in [5.74, 6) is 0.824. The smallest absolute Gasteiger partial charge is 0.211 e. The molecular formula is C18H23N7OS. The van der Waals surface area contributed by atoms with Crippen LogP contribution < -0.4 is 4.90 Å². The van der Waals surface area contributed by atoms with Gasteiger partial charge in [0.2, 0.25) is 5.78 Å². The van der Waals surface area contributed by atoms with Crippen LogP contribution in [0.5, 0.6) is 0 Å². The minimum Gasteiger partial charge on any atom is -0.352 e. The van der Waals surface area contributed by atoms with Crippen LogP contribution in [0, 0.1) is 0 Å². The standard InChI is InChI=1S/C18H23N7OS/c1-2-3-5-23-6-8-24(9-7-23)16-15-17(21-12-20-16)25(13-22-15)11-14(26)18-19-4-10-27-18/h4,10,12-13H,2-3,5-9,11H2,1H3. The van der Waals surface area contributed by atoms with E-state index in [-0.39, 0.29) is 12.3 Å². The lowest BCUT2D eigenvalue weighted by Crippen LogP contribution is -2.47. The van der Waals surface area contributed by atoms with Crippen LogP contribution in [-0.4, -0.2) is 67.9 Å². The Hall–Kier alpha value is -2.39. The molecule has 4 heterocycles. The number of aromatic nitrogens is 5. The number of ketones is 1. The van der Waals surface area contributed by atoms with E-state index in [0.717, 1.165) is 44.1 Å². The second-order valence-electron chi connectivity index (χ2n) is 6.68. The van der Waals surface area contributed by atoms with E-state index in [1.165, 1.54) is 24.2 Å². The van der Waals surface area contributed by atoms with Gasteiger partial charge in [0.25, 0.3) is 0 Å². The molecule has 0 aromatic carbocycles. The predicted molar refractivity (Wildman–Crippen MR) is 105 cm³/mol. The second-order valence-corrected chi connectivity index (χ2v) is 7.58. The number of fused-ring (bicyclic) bond motifs is 1. The number of hydrogen-bond acceptors (Lipinski definition) is 8. The molecule has 0 radical (unpaired) electrons. The predicted octanol–water partition coefficient (Wildman–Crippen LogP) is 2.09. The summed E-state index contributed by atoms with van der Waals surface area (Å²) < 4.78 is 1.78. The van der Waals surface area contributed by atoms with Crippen molar-refractivity contribution < 1.29 is 4.79 Å². The molecule has 1 saturated heterocycles. The third-order valence-corrected chi connectivity index (χ3v) is 5.68. The summed E-state index contributed by atoms with van der Waals surface area (Å²) in [5, 5.41) is 2.31. The zero-order valence-corrected chi connectivity index (χ0v) is 16.2. The molecule has 0 saturated carbocycles. The third-order valence-electron chi connectivity index (χ3n) is 4.87. The van der Waals surface area contributed by atoms with Gasteiger partial charge in [-0.1, -0.05) is 13.3 Å². The van der Waals surface area contributed by atoms with Gasteiger partial charge in [-0.15, -0.1) is 11.3 Å². The van der Waals surface area contributed by atoms with Crippen molar-refractivity contribution in [3.8, 4) is 0 Å². The van der Waals surface area contributed by atoms with Gasteiger partial charge in [-0.25, -0.2) is 19.9 Å². The summed E-state index contributed by atoms with van der Waals surface area (Å²) in [6.07, 6.45) is 7.35. The van der Waals surface area contributed by atoms with Crippen LogP contribution in [0.1, 0.15) is 29.6 Å². The molecule has 142 valence electrons. The number of unbranched alkanes of at least 4 members (excludes halogenated alkanes) is 1. The molecule has 0 atom stereocenters. The van der Waals surface area contributed by atoms with Crippen LogP contribution in [0.3, 0.4) is 0 Å². The van der Waals surface area contributed by atoms with E-state index < -0.39 is 0 Å². The topological polar surface area (TPSA) is 80.0 Å². The normalized spacial score (nSPS) is 15.5. The van der Waals surface area contributed by atoms with Crippen molar-refractivity contribution in [2.24, 2.45) is 0 Å². The molecule has 0 N–H and O–H groups in total. The number of piperazine rings is 1. The molecule has 0 aliphatic carbocycles. The number of thiazole rings is 1. The first-order chi connectivity index (χ1) is 13.3. The Kier molecular flexibility index (Phi) is 5.40. The number of anilines is 1. The van der Waals surface area contributed by atoms with Crippen molar-refractivity contribution >= 4 is 34.1 Å². The minimum atomic E-state index is -0.0333. The Morgan fingerprint density at radius 3 is 2.74 bits per heavy atom. The highest BCUT2D eigenvalue weighted by Gasteiger charge is 2.22. The van der Waals surface area contributed by atoms with E-state index in [4.69, 9.17) is 0 Å². The first-order valence-corrected chi connectivity index (χ1v) is 10.2. The van der Waals surface area contributed by atoms with Crippen LogP contribution in [-0.2, 0) is 6.54 Å². The zero-order chi connectivity index (χ0) is 18.6. The Balaban J connectivity index is 1.50. The van der Waals surface area contributed by atoms with E-state index in [1.807, 2.05) is 0 Å². The van der Waals surface area contributed by atoms with Crippen LogP contribution in [0.15, 0.2) is 24.2 Å². The molecule has 3 aromatic rings. The molecule has 0 bridgehead atoms. The SMILES string of the molecule is CCCCN1CCN(c2ncnc3c2ncn3CC(=O)c2nccs2)CC1. The fraction of sp³-hybridized carbons (Fsp3) is 0.500. The maximum Gasteiger partial charge on any atom is 0.211 e. The van der Waals surface area contributed by atoms with E-state index in [1.54, 1.807) is 28.8 Å². The number of carbonyl (C=O) groups excluding carboxylic acids is 1. The average Bonchev–Trinajstić information content (AvgIpc) is 3.37. The van der Waals surface area contributed by atoms with E-state index in [0.29, 0.717) is 10.7 Å². The van der Waals surface area contributed by atoms with Gasteiger partial charge in [-0.3, -0.25) is 9.69 Å². The monoisotopic (exact) mass is 385 g/mol. The van der Waals surface area contributed by atoms with Crippen molar-refractivity contribution in [2.45, 2.75) is 26.3 Å². The fourth-order valence-corrected chi connectivity index (χ4v) is 3.93. The summed E-state index contributed by atoms with van der Waals surface area (Å²) >= 11 is 1.35. The largest absolute Gasteiger partial charge is 0.352 e. The first-order valence-electron chi connectivity index (χ1n) is 9.32. The van der Waals surface area contributed by atoms with Gasteiger partial charge in [-0.2, -0.15) is 0 Å². The molecule has 0 spiro atoms. The van der Waals surface area contributed by atoms with Crippen LogP contribution >= 0.6 is 11.3 Å². The molecular weight excluding hydrogens is 362 g/mol. The van der Waals surface area contributed by atoms with Crippen molar-refractivity contribution in [2.75, 3.05) is 37.6 Å². The summed E-state index contributed by atoms with van der Waals surface area (Å²) in [6.45, 7) is 7.51. The Morgan fingerprint density at radius 1 is 1.15 bits per heavy atom. The number of hydrogen-bond donors (Lipinski definition) is 0. The van der Waals surface area contributed by atoms with Crippen molar-refractivity contribution in [1.29, 1.82) is 0 Å². The van der Waals surface area contributed by atoms with E-state index in [9.17, 15) is 4.79 Å². The molecule has 1 fully saturated rings. The molecule has 1 aliphatic rings. The summed E-state index contributed by atoms with van der Waals surface area (Å²) in [4.78, 5) is 34.6. The number of imidazole rings is 1. The highest BCUT2D eigenvalue weighted by atomic mass is 32.1. The van der Waals surface area contributed by atoms with Gasteiger partial charge >= 0.3 is 0 Å². The lowest BCUT2D eigenvalue weighted by Gasteiger charge is -2.35. The van der Waals surface area contributed by atoms with Gasteiger partial charge in [0.05, 0.1) is 12.9 Å². The molecule has 4 rings (SSSR count). The Morgan fingerprint density at radius 2 is 2.00 bits per heavy atom. The Bertz CT molecular complexity index is 900. The number of rotatable bonds is 7. The molecule has 27 heavy (non-hydrogen) atoms.